The van der Waals surface area contributed by atoms with Crippen molar-refractivity contribution in [3.8, 4) is 17.2 Å². The van der Waals surface area contributed by atoms with Crippen LogP contribution in [0, 0.1) is 0 Å². The average molecular weight is 480 g/mol. The molecule has 33 heavy (non-hydrogen) atoms. The molecule has 8 nitrogen and oxygen atoms in total. The normalized spacial score (nSPS) is 11.6. The summed E-state index contributed by atoms with van der Waals surface area (Å²) >= 11 is 11.3. The fraction of sp³-hybridized carbons (Fsp3) is 0.130. The van der Waals surface area contributed by atoms with Gasteiger partial charge in [-0.2, -0.15) is 4.98 Å². The predicted molar refractivity (Wildman–Crippen MR) is 136 cm³/mol. The lowest BCUT2D eigenvalue weighted by Gasteiger charge is -2.12. The number of anilines is 3. The van der Waals surface area contributed by atoms with Crippen LogP contribution in [0.15, 0.2) is 73.2 Å². The third-order valence-electron chi connectivity index (χ3n) is 4.59. The number of aliphatic hydroxyl groups excluding tert-OH is 1. The van der Waals surface area contributed by atoms with Gasteiger partial charge in [-0.3, -0.25) is 4.57 Å². The first-order chi connectivity index (χ1) is 16.0. The molecule has 0 amide bonds. The Morgan fingerprint density at radius 1 is 1.00 bits per heavy atom. The van der Waals surface area contributed by atoms with Crippen LogP contribution in [0.1, 0.15) is 6.92 Å². The molecule has 0 aliphatic heterocycles. The summed E-state index contributed by atoms with van der Waals surface area (Å²) in [5, 5.41) is 19.9. The maximum Gasteiger partial charge on any atom is 0.224 e. The molecule has 1 atom stereocenters. The van der Waals surface area contributed by atoms with Gasteiger partial charge in [-0.25, -0.2) is 9.97 Å². The van der Waals surface area contributed by atoms with Gasteiger partial charge in [0.25, 0.3) is 0 Å². The minimum absolute atomic E-state index is 0.365. The molecule has 0 bridgehead atoms. The van der Waals surface area contributed by atoms with E-state index in [2.05, 4.69) is 30.9 Å². The van der Waals surface area contributed by atoms with E-state index in [1.54, 1.807) is 37.5 Å². The maximum atomic E-state index is 9.47. The molecule has 0 radical (unpaired) electrons. The Morgan fingerprint density at radius 2 is 1.67 bits per heavy atom. The topological polar surface area (TPSA) is 99.9 Å². The van der Waals surface area contributed by atoms with Crippen molar-refractivity contribution in [3.05, 3.63) is 78.2 Å². The molecule has 4 N–H and O–H groups in total. The number of halogens is 1. The molecule has 2 aromatic heterocycles. The summed E-state index contributed by atoms with van der Waals surface area (Å²) in [7, 11) is 0. The van der Waals surface area contributed by atoms with Crippen LogP contribution in [0.3, 0.4) is 0 Å². The summed E-state index contributed by atoms with van der Waals surface area (Å²) in [5.41, 5.74) is 2.61. The quantitative estimate of drug-likeness (QED) is 0.286. The molecule has 0 aliphatic rings. The van der Waals surface area contributed by atoms with Gasteiger partial charge in [-0.1, -0.05) is 11.6 Å². The monoisotopic (exact) mass is 479 g/mol. The molecule has 0 saturated carbocycles. The first-order valence-electron chi connectivity index (χ1n) is 10.2. The Balaban J connectivity index is 1.46. The standard InChI is InChI=1S/C23H22ClN7OS/c1-15(32)14-27-22-26-11-10-20(30-22)31-13-12-25-21(31)16-2-6-18(7-3-16)28-23(33)29-19-8-4-17(24)5-9-19/h2-13,15,32H,14H2,1H3,(H,26,27,30)(H2,28,29,33)/t15-/m0/s1. The van der Waals surface area contributed by atoms with Crippen molar-refractivity contribution in [2.24, 2.45) is 0 Å². The number of nitrogens with zero attached hydrogens (tertiary/aromatic N) is 4. The predicted octanol–water partition coefficient (Wildman–Crippen LogP) is 4.58. The van der Waals surface area contributed by atoms with Crippen molar-refractivity contribution in [1.29, 1.82) is 0 Å². The molecular formula is C23H22ClN7OS. The molecular weight excluding hydrogens is 458 g/mol. The van der Waals surface area contributed by atoms with Gasteiger partial charge in [0, 0.05) is 47.1 Å². The van der Waals surface area contributed by atoms with E-state index in [9.17, 15) is 5.11 Å². The van der Waals surface area contributed by atoms with Crippen LogP contribution >= 0.6 is 23.8 Å². The average Bonchev–Trinajstić information content (AvgIpc) is 3.30. The van der Waals surface area contributed by atoms with Crippen LogP contribution in [0.5, 0.6) is 0 Å². The largest absolute Gasteiger partial charge is 0.392 e. The van der Waals surface area contributed by atoms with E-state index in [0.717, 1.165) is 22.8 Å². The Bertz CT molecular complexity index is 1230. The highest BCUT2D eigenvalue weighted by Crippen LogP contribution is 2.23. The van der Waals surface area contributed by atoms with Gasteiger partial charge >= 0.3 is 0 Å². The van der Waals surface area contributed by atoms with Gasteiger partial charge in [0.15, 0.2) is 5.11 Å². The second-order valence-electron chi connectivity index (χ2n) is 7.25. The van der Waals surface area contributed by atoms with Gasteiger partial charge in [-0.05, 0) is 73.7 Å². The van der Waals surface area contributed by atoms with Crippen molar-refractivity contribution >= 4 is 46.3 Å². The SMILES string of the molecule is C[C@H](O)CNc1nccc(-n2ccnc2-c2ccc(NC(=S)Nc3ccc(Cl)cc3)cc2)n1. The van der Waals surface area contributed by atoms with E-state index >= 15 is 0 Å². The minimum atomic E-state index is -0.498. The van der Waals surface area contributed by atoms with Crippen LogP contribution < -0.4 is 16.0 Å². The highest BCUT2D eigenvalue weighted by atomic mass is 35.5. The number of imidazole rings is 1. The summed E-state index contributed by atoms with van der Waals surface area (Å²) in [6.45, 7) is 2.06. The van der Waals surface area contributed by atoms with Crippen molar-refractivity contribution in [2.45, 2.75) is 13.0 Å². The van der Waals surface area contributed by atoms with E-state index in [1.165, 1.54) is 0 Å². The number of benzene rings is 2. The number of aromatic nitrogens is 4. The lowest BCUT2D eigenvalue weighted by Crippen LogP contribution is -2.18. The highest BCUT2D eigenvalue weighted by Gasteiger charge is 2.10. The van der Waals surface area contributed by atoms with E-state index in [0.29, 0.717) is 28.4 Å². The second kappa shape index (κ2) is 10.4. The molecule has 0 unspecified atom stereocenters. The van der Waals surface area contributed by atoms with Gasteiger partial charge in [-0.15, -0.1) is 0 Å². The van der Waals surface area contributed by atoms with E-state index < -0.39 is 6.10 Å². The summed E-state index contributed by atoms with van der Waals surface area (Å²) in [6, 6.07) is 16.9. The number of aliphatic hydroxyl groups is 1. The summed E-state index contributed by atoms with van der Waals surface area (Å²) in [6.07, 6.45) is 4.73. The number of nitrogens with one attached hydrogen (secondary N) is 3. The van der Waals surface area contributed by atoms with Gasteiger partial charge in [0.1, 0.15) is 11.6 Å². The van der Waals surface area contributed by atoms with E-state index in [-0.39, 0.29) is 0 Å². The third kappa shape index (κ3) is 6.04. The summed E-state index contributed by atoms with van der Waals surface area (Å²) in [5.74, 6) is 1.85. The first-order valence-corrected chi connectivity index (χ1v) is 11.0. The van der Waals surface area contributed by atoms with Gasteiger partial charge < -0.3 is 21.1 Å². The van der Waals surface area contributed by atoms with Crippen molar-refractivity contribution < 1.29 is 5.11 Å². The molecule has 168 valence electrons. The zero-order valence-electron chi connectivity index (χ0n) is 17.7. The molecule has 10 heteroatoms. The van der Waals surface area contributed by atoms with Crippen molar-refractivity contribution in [2.75, 3.05) is 22.5 Å². The number of thiocarbonyl (C=S) groups is 1. The van der Waals surface area contributed by atoms with Crippen LogP contribution in [0.25, 0.3) is 17.2 Å². The highest BCUT2D eigenvalue weighted by molar-refractivity contribution is 7.80. The summed E-state index contributed by atoms with van der Waals surface area (Å²) in [4.78, 5) is 13.2. The lowest BCUT2D eigenvalue weighted by atomic mass is 10.2. The molecule has 0 saturated heterocycles. The fourth-order valence-electron chi connectivity index (χ4n) is 3.04. The Kier molecular flexibility index (Phi) is 7.13. The van der Waals surface area contributed by atoms with Gasteiger partial charge in [0.05, 0.1) is 6.10 Å². The fourth-order valence-corrected chi connectivity index (χ4v) is 3.40. The van der Waals surface area contributed by atoms with Gasteiger partial charge in [0.2, 0.25) is 5.95 Å². The second-order valence-corrected chi connectivity index (χ2v) is 8.10. The first kappa shape index (κ1) is 22.7. The molecule has 2 heterocycles. The third-order valence-corrected chi connectivity index (χ3v) is 5.04. The van der Waals surface area contributed by atoms with E-state index in [1.807, 2.05) is 47.2 Å². The molecule has 4 aromatic rings. The maximum absolute atomic E-state index is 9.47. The molecule has 0 aliphatic carbocycles. The zero-order valence-corrected chi connectivity index (χ0v) is 19.3. The van der Waals surface area contributed by atoms with Crippen LogP contribution in [-0.4, -0.2) is 42.4 Å². The molecule has 0 spiro atoms. The lowest BCUT2D eigenvalue weighted by molar-refractivity contribution is 0.208. The van der Waals surface area contributed by atoms with Crippen LogP contribution in [0.4, 0.5) is 17.3 Å². The molecule has 4 rings (SSSR count). The molecule has 0 fully saturated rings. The molecule has 2 aromatic carbocycles. The van der Waals surface area contributed by atoms with Crippen LogP contribution in [0.2, 0.25) is 5.02 Å². The number of rotatable bonds is 7. The Morgan fingerprint density at radius 3 is 2.33 bits per heavy atom. The Hall–Kier alpha value is -3.53. The van der Waals surface area contributed by atoms with E-state index in [4.69, 9.17) is 23.8 Å². The van der Waals surface area contributed by atoms with Crippen molar-refractivity contribution in [3.63, 3.8) is 0 Å². The summed E-state index contributed by atoms with van der Waals surface area (Å²) < 4.78 is 1.88. The smallest absolute Gasteiger partial charge is 0.224 e. The minimum Gasteiger partial charge on any atom is -0.392 e. The number of hydrogen-bond donors (Lipinski definition) is 4. The Labute approximate surface area is 201 Å². The zero-order chi connectivity index (χ0) is 23.2. The number of hydrogen-bond acceptors (Lipinski definition) is 6. The van der Waals surface area contributed by atoms with Crippen molar-refractivity contribution in [1.82, 2.24) is 19.5 Å². The van der Waals surface area contributed by atoms with Crippen LogP contribution in [-0.2, 0) is 0 Å².